The van der Waals surface area contributed by atoms with Crippen molar-refractivity contribution in [3.63, 3.8) is 0 Å². The molecule has 3 N–H and O–H groups in total. The molecule has 5 heteroatoms. The second-order valence-electron chi connectivity index (χ2n) is 7.71. The van der Waals surface area contributed by atoms with Crippen LogP contribution in [0.2, 0.25) is 0 Å². The van der Waals surface area contributed by atoms with Crippen molar-refractivity contribution in [2.24, 2.45) is 11.7 Å². The van der Waals surface area contributed by atoms with Gasteiger partial charge in [0.15, 0.2) is 0 Å². The molecule has 1 unspecified atom stereocenters. The second kappa shape index (κ2) is 8.19. The van der Waals surface area contributed by atoms with Crippen LogP contribution in [0.3, 0.4) is 0 Å². The van der Waals surface area contributed by atoms with E-state index in [2.05, 4.69) is 5.32 Å². The van der Waals surface area contributed by atoms with Gasteiger partial charge in [-0.15, -0.1) is 0 Å². The molecule has 1 heterocycles. The first-order chi connectivity index (χ1) is 12.0. The highest BCUT2D eigenvalue weighted by molar-refractivity contribution is 5.94. The number of anilines is 1. The molecule has 0 bridgehead atoms. The Hall–Kier alpha value is -1.59. The topological polar surface area (TPSA) is 67.6 Å². The fourth-order valence-electron chi connectivity index (χ4n) is 3.91. The molecular formula is C20H31N3O2. The fraction of sp³-hybridized carbons (Fsp3) is 0.650. The third kappa shape index (κ3) is 4.95. The molecule has 1 aliphatic heterocycles. The molecule has 2 atom stereocenters. The Labute approximate surface area is 150 Å². The van der Waals surface area contributed by atoms with E-state index >= 15 is 0 Å². The third-order valence-electron chi connectivity index (χ3n) is 5.32. The molecule has 0 aromatic heterocycles. The number of nitrogens with zero attached hydrogens (tertiary/aromatic N) is 1. The molecule has 1 saturated heterocycles. The van der Waals surface area contributed by atoms with Gasteiger partial charge < -0.3 is 20.7 Å². The zero-order chi connectivity index (χ0) is 17.8. The highest BCUT2D eigenvalue weighted by atomic mass is 16.5. The number of rotatable bonds is 4. The first-order valence-electron chi connectivity index (χ1n) is 9.55. The summed E-state index contributed by atoms with van der Waals surface area (Å²) in [6, 6.07) is 8.26. The van der Waals surface area contributed by atoms with Crippen LogP contribution in [-0.2, 0) is 4.74 Å². The highest BCUT2D eigenvalue weighted by Crippen LogP contribution is 2.24. The van der Waals surface area contributed by atoms with Crippen molar-refractivity contribution in [1.29, 1.82) is 0 Å². The third-order valence-corrected chi connectivity index (χ3v) is 5.32. The maximum absolute atomic E-state index is 12.7. The van der Waals surface area contributed by atoms with E-state index in [0.717, 1.165) is 30.6 Å². The van der Waals surface area contributed by atoms with Gasteiger partial charge in [-0.05, 0) is 69.7 Å². The Morgan fingerprint density at radius 3 is 2.32 bits per heavy atom. The Kier molecular flexibility index (Phi) is 5.97. The van der Waals surface area contributed by atoms with Crippen LogP contribution in [0.5, 0.6) is 0 Å². The Bertz CT molecular complexity index is 557. The second-order valence-corrected chi connectivity index (χ2v) is 7.71. The van der Waals surface area contributed by atoms with E-state index in [-0.39, 0.29) is 18.1 Å². The van der Waals surface area contributed by atoms with Crippen LogP contribution in [0.4, 0.5) is 5.69 Å². The van der Waals surface area contributed by atoms with Gasteiger partial charge in [0, 0.05) is 36.9 Å². The number of hydrogen-bond donors (Lipinski definition) is 2. The summed E-state index contributed by atoms with van der Waals surface area (Å²) >= 11 is 0. The van der Waals surface area contributed by atoms with Gasteiger partial charge in [0.05, 0.1) is 12.2 Å². The van der Waals surface area contributed by atoms with Gasteiger partial charge in [-0.2, -0.15) is 0 Å². The van der Waals surface area contributed by atoms with Crippen LogP contribution in [0.15, 0.2) is 24.3 Å². The molecule has 1 amide bonds. The van der Waals surface area contributed by atoms with Gasteiger partial charge in [0.1, 0.15) is 0 Å². The van der Waals surface area contributed by atoms with Crippen molar-refractivity contribution in [1.82, 2.24) is 4.90 Å². The van der Waals surface area contributed by atoms with Gasteiger partial charge in [-0.1, -0.05) is 0 Å². The number of carbonyl (C=O) groups is 1. The summed E-state index contributed by atoms with van der Waals surface area (Å²) < 4.78 is 5.71. The van der Waals surface area contributed by atoms with E-state index in [1.54, 1.807) is 0 Å². The van der Waals surface area contributed by atoms with Crippen molar-refractivity contribution in [2.45, 2.75) is 57.8 Å². The van der Waals surface area contributed by atoms with Gasteiger partial charge in [0.25, 0.3) is 5.91 Å². The average molecular weight is 345 g/mol. The molecule has 0 spiro atoms. The van der Waals surface area contributed by atoms with E-state index in [4.69, 9.17) is 10.5 Å². The molecule has 5 nitrogen and oxygen atoms in total. The maximum Gasteiger partial charge on any atom is 0.254 e. The summed E-state index contributed by atoms with van der Waals surface area (Å²) in [5, 5.41) is 3.50. The average Bonchev–Trinajstić information content (AvgIpc) is 2.60. The van der Waals surface area contributed by atoms with E-state index in [1.807, 2.05) is 43.0 Å². The van der Waals surface area contributed by atoms with E-state index in [0.29, 0.717) is 25.0 Å². The molecule has 1 aromatic carbocycles. The van der Waals surface area contributed by atoms with Gasteiger partial charge in [-0.25, -0.2) is 0 Å². The summed E-state index contributed by atoms with van der Waals surface area (Å²) in [7, 11) is 0. The molecule has 0 radical (unpaired) electrons. The van der Waals surface area contributed by atoms with Crippen LogP contribution in [0, 0.1) is 5.92 Å². The van der Waals surface area contributed by atoms with Gasteiger partial charge in [-0.3, -0.25) is 4.79 Å². The van der Waals surface area contributed by atoms with Crippen LogP contribution in [-0.4, -0.2) is 48.7 Å². The first kappa shape index (κ1) is 18.2. The van der Waals surface area contributed by atoms with Gasteiger partial charge >= 0.3 is 0 Å². The number of morpholine rings is 1. The number of amides is 1. The quantitative estimate of drug-likeness (QED) is 0.880. The van der Waals surface area contributed by atoms with Crippen molar-refractivity contribution >= 4 is 11.6 Å². The minimum absolute atomic E-state index is 0.0924. The largest absolute Gasteiger partial charge is 0.385 e. The van der Waals surface area contributed by atoms with E-state index < -0.39 is 0 Å². The SMILES string of the molecule is CC1CN(C(=O)c2ccc(NC[C@H]3CC[C@H](N)CC3)cc2)C[C@H](C)O1. The van der Waals surface area contributed by atoms with Crippen LogP contribution >= 0.6 is 0 Å². The lowest BCUT2D eigenvalue weighted by Crippen LogP contribution is -2.48. The summed E-state index contributed by atoms with van der Waals surface area (Å²) in [5.74, 6) is 0.798. The van der Waals surface area contributed by atoms with Crippen LogP contribution < -0.4 is 11.1 Å². The molecule has 138 valence electrons. The molecule has 1 aliphatic carbocycles. The Morgan fingerprint density at radius 1 is 1.12 bits per heavy atom. The number of nitrogens with two attached hydrogens (primary N) is 1. The normalized spacial score (nSPS) is 30.1. The number of nitrogens with one attached hydrogen (secondary N) is 1. The molecule has 2 fully saturated rings. The summed E-state index contributed by atoms with van der Waals surface area (Å²) in [6.45, 7) is 6.33. The monoisotopic (exact) mass is 345 g/mol. The number of benzene rings is 1. The lowest BCUT2D eigenvalue weighted by Gasteiger charge is -2.35. The summed E-state index contributed by atoms with van der Waals surface area (Å²) in [6.07, 6.45) is 4.87. The zero-order valence-electron chi connectivity index (χ0n) is 15.4. The standard InChI is InChI=1S/C20H31N3O2/c1-14-12-23(13-15(2)25-14)20(24)17-5-9-19(10-6-17)22-11-16-3-7-18(21)8-4-16/h5-6,9-10,14-16,18,22H,3-4,7-8,11-13,21H2,1-2H3/t14-,15?,16-,18-/m0/s1. The predicted octanol–water partition coefficient (Wildman–Crippen LogP) is 2.87. The van der Waals surface area contributed by atoms with Gasteiger partial charge in [0.2, 0.25) is 0 Å². The van der Waals surface area contributed by atoms with Crippen molar-refractivity contribution in [2.75, 3.05) is 25.0 Å². The minimum Gasteiger partial charge on any atom is -0.385 e. The molecule has 1 saturated carbocycles. The highest BCUT2D eigenvalue weighted by Gasteiger charge is 2.26. The van der Waals surface area contributed by atoms with E-state index in [1.165, 1.54) is 12.8 Å². The minimum atomic E-state index is 0.0924. The fourth-order valence-corrected chi connectivity index (χ4v) is 3.91. The molecule has 1 aromatic rings. The lowest BCUT2D eigenvalue weighted by molar-refractivity contribution is -0.0586. The number of carbonyl (C=O) groups excluding carboxylic acids is 1. The predicted molar refractivity (Wildman–Crippen MR) is 101 cm³/mol. The first-order valence-corrected chi connectivity index (χ1v) is 9.55. The van der Waals surface area contributed by atoms with Crippen molar-refractivity contribution in [3.05, 3.63) is 29.8 Å². The van der Waals surface area contributed by atoms with Crippen molar-refractivity contribution < 1.29 is 9.53 Å². The molecule has 25 heavy (non-hydrogen) atoms. The van der Waals surface area contributed by atoms with E-state index in [9.17, 15) is 4.79 Å². The summed E-state index contributed by atoms with van der Waals surface area (Å²) in [4.78, 5) is 14.6. The zero-order valence-corrected chi connectivity index (χ0v) is 15.4. The maximum atomic E-state index is 12.7. The number of ether oxygens (including phenoxy) is 1. The molecule has 3 rings (SSSR count). The van der Waals surface area contributed by atoms with Crippen molar-refractivity contribution in [3.8, 4) is 0 Å². The Morgan fingerprint density at radius 2 is 1.72 bits per heavy atom. The number of hydrogen-bond acceptors (Lipinski definition) is 4. The molecule has 2 aliphatic rings. The molecular weight excluding hydrogens is 314 g/mol. The smallest absolute Gasteiger partial charge is 0.254 e. The Balaban J connectivity index is 1.52. The van der Waals surface area contributed by atoms with Crippen LogP contribution in [0.25, 0.3) is 0 Å². The van der Waals surface area contributed by atoms with Crippen LogP contribution in [0.1, 0.15) is 49.9 Å². The lowest BCUT2D eigenvalue weighted by atomic mass is 9.86. The summed E-state index contributed by atoms with van der Waals surface area (Å²) in [5.41, 5.74) is 7.79.